The highest BCUT2D eigenvalue weighted by Crippen LogP contribution is 2.41. The minimum absolute atomic E-state index is 0.0301. The highest BCUT2D eigenvalue weighted by atomic mass is 79.9. The molecule has 1 aromatic rings. The first kappa shape index (κ1) is 15.6. The van der Waals surface area contributed by atoms with Gasteiger partial charge in [-0.1, -0.05) is 22.0 Å². The number of fused-ring (bicyclic) bond motifs is 1. The van der Waals surface area contributed by atoms with Crippen LogP contribution in [-0.2, 0) is 20.8 Å². The van der Waals surface area contributed by atoms with Crippen molar-refractivity contribution in [3.05, 3.63) is 32.6 Å². The van der Waals surface area contributed by atoms with Crippen LogP contribution in [0.3, 0.4) is 0 Å². The summed E-state index contributed by atoms with van der Waals surface area (Å²) in [5.74, 6) is -1.29. The maximum atomic E-state index is 12.2. The Bertz CT molecular complexity index is 674. The van der Waals surface area contributed by atoms with Crippen molar-refractivity contribution >= 4 is 56.8 Å². The summed E-state index contributed by atoms with van der Waals surface area (Å²) in [5.41, 5.74) is -0.0301. The van der Waals surface area contributed by atoms with Crippen LogP contribution in [0.2, 0.25) is 0 Å². The third-order valence-corrected chi connectivity index (χ3v) is 6.54. The maximum Gasteiger partial charge on any atom is 0.353 e. The Morgan fingerprint density at radius 3 is 2.91 bits per heavy atom. The number of thiophene rings is 1. The molecular weight excluding hydrogens is 392 g/mol. The smallest absolute Gasteiger partial charge is 0.353 e. The number of hydrogen-bond donors (Lipinski definition) is 2. The Morgan fingerprint density at radius 2 is 2.27 bits per heavy atom. The molecule has 1 fully saturated rings. The number of halogens is 1. The molecule has 3 heterocycles. The highest BCUT2D eigenvalue weighted by Gasteiger charge is 2.53. The second kappa shape index (κ2) is 6.05. The summed E-state index contributed by atoms with van der Waals surface area (Å²) in [4.78, 5) is 37.6. The first-order valence-corrected chi connectivity index (χ1v) is 9.09. The molecule has 22 heavy (non-hydrogen) atoms. The molecule has 2 atom stereocenters. The lowest BCUT2D eigenvalue weighted by atomic mass is 10.0. The molecule has 116 valence electrons. The molecule has 2 amide bonds. The number of carbonyl (C=O) groups excluding carboxylic acids is 2. The van der Waals surface area contributed by atoms with E-state index in [1.807, 2.05) is 17.5 Å². The Hall–Kier alpha value is -1.32. The number of hydrogen-bond acceptors (Lipinski definition) is 5. The lowest BCUT2D eigenvalue weighted by Gasteiger charge is -2.48. The molecule has 0 spiro atoms. The number of thioether (sulfide) groups is 1. The van der Waals surface area contributed by atoms with Crippen molar-refractivity contribution < 1.29 is 19.5 Å². The second-order valence-corrected chi connectivity index (χ2v) is 7.86. The van der Waals surface area contributed by atoms with Crippen LogP contribution in [0.15, 0.2) is 27.7 Å². The lowest BCUT2D eigenvalue weighted by Crippen LogP contribution is -2.70. The molecule has 0 aromatic carbocycles. The van der Waals surface area contributed by atoms with E-state index in [0.29, 0.717) is 10.2 Å². The van der Waals surface area contributed by atoms with Gasteiger partial charge in [-0.15, -0.1) is 23.1 Å². The van der Waals surface area contributed by atoms with Crippen molar-refractivity contribution in [2.45, 2.75) is 17.8 Å². The zero-order valence-electron chi connectivity index (χ0n) is 11.1. The third kappa shape index (κ3) is 2.68. The summed E-state index contributed by atoms with van der Waals surface area (Å²) >= 11 is 6.10. The number of rotatable bonds is 4. The van der Waals surface area contributed by atoms with Crippen LogP contribution in [0.25, 0.3) is 0 Å². The summed E-state index contributed by atoms with van der Waals surface area (Å²) in [5, 5.41) is 13.4. The number of carboxylic acids is 1. The van der Waals surface area contributed by atoms with Crippen LogP contribution in [0.1, 0.15) is 4.88 Å². The predicted molar refractivity (Wildman–Crippen MR) is 86.6 cm³/mol. The first-order valence-electron chi connectivity index (χ1n) is 6.37. The van der Waals surface area contributed by atoms with E-state index < -0.39 is 12.0 Å². The van der Waals surface area contributed by atoms with Crippen LogP contribution in [0, 0.1) is 0 Å². The number of β-lactam (4-membered cyclic amide) rings is 1. The largest absolute Gasteiger partial charge is 0.477 e. The number of aliphatic carboxylic acids is 1. The van der Waals surface area contributed by atoms with E-state index in [2.05, 4.69) is 21.2 Å². The SMILES string of the molecule is O=C(Cc1cccs1)NC1C(=O)N2C(C(=O)O)=C(Br)CS[C@H]12. The average molecular weight is 403 g/mol. The van der Waals surface area contributed by atoms with E-state index in [0.717, 1.165) is 4.88 Å². The van der Waals surface area contributed by atoms with E-state index in [4.69, 9.17) is 0 Å². The molecule has 2 N–H and O–H groups in total. The van der Waals surface area contributed by atoms with Gasteiger partial charge >= 0.3 is 5.97 Å². The Kier molecular flexibility index (Phi) is 4.28. The fourth-order valence-corrected chi connectivity index (χ4v) is 5.03. The zero-order valence-corrected chi connectivity index (χ0v) is 14.3. The van der Waals surface area contributed by atoms with E-state index in [1.54, 1.807) is 0 Å². The van der Waals surface area contributed by atoms with E-state index >= 15 is 0 Å². The third-order valence-electron chi connectivity index (χ3n) is 3.36. The van der Waals surface area contributed by atoms with Crippen molar-refractivity contribution in [1.82, 2.24) is 10.2 Å². The molecule has 9 heteroatoms. The maximum absolute atomic E-state index is 12.2. The summed E-state index contributed by atoms with van der Waals surface area (Å²) in [6, 6.07) is 3.06. The fraction of sp³-hybridized carbons (Fsp3) is 0.308. The molecule has 0 radical (unpaired) electrons. The molecular formula is C13H11BrN2O4S2. The van der Waals surface area contributed by atoms with Crippen molar-refractivity contribution in [3.8, 4) is 0 Å². The molecule has 1 aromatic heterocycles. The Morgan fingerprint density at radius 1 is 1.50 bits per heavy atom. The minimum Gasteiger partial charge on any atom is -0.477 e. The van der Waals surface area contributed by atoms with Crippen LogP contribution < -0.4 is 5.32 Å². The van der Waals surface area contributed by atoms with Gasteiger partial charge in [0.2, 0.25) is 5.91 Å². The quantitative estimate of drug-likeness (QED) is 0.742. The number of carbonyl (C=O) groups is 3. The van der Waals surface area contributed by atoms with Gasteiger partial charge in [0, 0.05) is 15.1 Å². The molecule has 0 saturated carbocycles. The monoisotopic (exact) mass is 402 g/mol. The fourth-order valence-electron chi connectivity index (χ4n) is 2.38. The molecule has 0 aliphatic carbocycles. The minimum atomic E-state index is -1.14. The molecule has 6 nitrogen and oxygen atoms in total. The molecule has 2 aliphatic rings. The standard InChI is InChI=1S/C13H11BrN2O4S2/c14-7-5-22-12-9(11(18)16(12)10(7)13(19)20)15-8(17)4-6-2-1-3-21-6/h1-3,9,12H,4-5H2,(H,15,17)(H,19,20)/t9?,12-/m1/s1. The molecule has 1 unspecified atom stereocenters. The summed E-state index contributed by atoms with van der Waals surface area (Å²) in [6.07, 6.45) is 0.226. The van der Waals surface area contributed by atoms with Gasteiger partial charge < -0.3 is 10.4 Å². The number of carboxylic acid groups (broad SMARTS) is 1. The zero-order chi connectivity index (χ0) is 15.9. The van der Waals surface area contributed by atoms with Gasteiger partial charge in [-0.05, 0) is 11.4 Å². The molecule has 0 bridgehead atoms. The van der Waals surface area contributed by atoms with Gasteiger partial charge in [0.1, 0.15) is 17.1 Å². The molecule has 2 aliphatic heterocycles. The Labute approximate surface area is 142 Å². The summed E-state index contributed by atoms with van der Waals surface area (Å²) in [6.45, 7) is 0. The van der Waals surface area contributed by atoms with Gasteiger partial charge in [0.25, 0.3) is 5.91 Å². The van der Waals surface area contributed by atoms with Gasteiger partial charge in [0.15, 0.2) is 0 Å². The average Bonchev–Trinajstić information content (AvgIpc) is 2.97. The highest BCUT2D eigenvalue weighted by molar-refractivity contribution is 9.11. The van der Waals surface area contributed by atoms with Crippen molar-refractivity contribution in [2.75, 3.05) is 5.75 Å². The Balaban J connectivity index is 1.68. The van der Waals surface area contributed by atoms with Crippen molar-refractivity contribution in [3.63, 3.8) is 0 Å². The summed E-state index contributed by atoms with van der Waals surface area (Å²) < 4.78 is 0.484. The van der Waals surface area contributed by atoms with Crippen LogP contribution in [0.4, 0.5) is 0 Å². The number of nitrogens with zero attached hydrogens (tertiary/aromatic N) is 1. The predicted octanol–water partition coefficient (Wildman–Crippen LogP) is 1.38. The number of amides is 2. The van der Waals surface area contributed by atoms with Crippen LogP contribution in [0.5, 0.6) is 0 Å². The van der Waals surface area contributed by atoms with Crippen LogP contribution in [-0.4, -0.2) is 45.0 Å². The van der Waals surface area contributed by atoms with Gasteiger partial charge in [0.05, 0.1) is 6.42 Å². The second-order valence-electron chi connectivity index (χ2n) is 4.77. The van der Waals surface area contributed by atoms with E-state index in [1.165, 1.54) is 28.0 Å². The van der Waals surface area contributed by atoms with E-state index in [-0.39, 0.29) is 29.3 Å². The van der Waals surface area contributed by atoms with Gasteiger partial charge in [-0.2, -0.15) is 0 Å². The molecule has 3 rings (SSSR count). The number of nitrogens with one attached hydrogen (secondary N) is 1. The summed E-state index contributed by atoms with van der Waals surface area (Å²) in [7, 11) is 0. The normalized spacial score (nSPS) is 23.9. The van der Waals surface area contributed by atoms with Crippen LogP contribution >= 0.6 is 39.0 Å². The van der Waals surface area contributed by atoms with Gasteiger partial charge in [-0.25, -0.2) is 4.79 Å². The first-order chi connectivity index (χ1) is 10.5. The lowest BCUT2D eigenvalue weighted by molar-refractivity contribution is -0.150. The van der Waals surface area contributed by atoms with Crippen molar-refractivity contribution in [1.29, 1.82) is 0 Å². The van der Waals surface area contributed by atoms with Crippen molar-refractivity contribution in [2.24, 2.45) is 0 Å². The topological polar surface area (TPSA) is 86.7 Å². The molecule has 1 saturated heterocycles. The van der Waals surface area contributed by atoms with Gasteiger partial charge in [-0.3, -0.25) is 14.5 Å². The van der Waals surface area contributed by atoms with E-state index in [9.17, 15) is 19.5 Å².